The summed E-state index contributed by atoms with van der Waals surface area (Å²) in [6, 6.07) is 1.49. The van der Waals surface area contributed by atoms with Gasteiger partial charge in [0.2, 0.25) is 0 Å². The lowest BCUT2D eigenvalue weighted by Gasteiger charge is -2.50. The normalized spacial score (nSPS) is 33.9. The van der Waals surface area contributed by atoms with Crippen LogP contribution in [0.3, 0.4) is 0 Å². The lowest BCUT2D eigenvalue weighted by atomic mass is 9.95. The van der Waals surface area contributed by atoms with Crippen LogP contribution in [0.1, 0.15) is 39.5 Å². The predicted octanol–water partition coefficient (Wildman–Crippen LogP) is 1.54. The molecule has 0 radical (unpaired) electrons. The Balaban J connectivity index is 1.89. The first-order chi connectivity index (χ1) is 8.35. The zero-order valence-corrected chi connectivity index (χ0v) is 11.6. The Hall–Kier alpha value is -0.120. The third-order valence-electron chi connectivity index (χ3n) is 4.31. The van der Waals surface area contributed by atoms with E-state index in [9.17, 15) is 0 Å². The fourth-order valence-corrected chi connectivity index (χ4v) is 3.22. The Kier molecular flexibility index (Phi) is 5.26. The molecule has 3 heteroatoms. The van der Waals surface area contributed by atoms with Crippen LogP contribution in [-0.2, 0) is 0 Å². The molecule has 0 aromatic heterocycles. The molecule has 2 unspecified atom stereocenters. The van der Waals surface area contributed by atoms with Gasteiger partial charge in [0.15, 0.2) is 0 Å². The third-order valence-corrected chi connectivity index (χ3v) is 4.31. The van der Waals surface area contributed by atoms with E-state index in [-0.39, 0.29) is 0 Å². The van der Waals surface area contributed by atoms with Crippen LogP contribution in [0, 0.1) is 0 Å². The molecule has 0 aromatic rings. The Morgan fingerprint density at radius 1 is 1.12 bits per heavy atom. The van der Waals surface area contributed by atoms with Gasteiger partial charge >= 0.3 is 0 Å². The zero-order chi connectivity index (χ0) is 12.1. The van der Waals surface area contributed by atoms with Crippen molar-refractivity contribution in [3.63, 3.8) is 0 Å². The summed E-state index contributed by atoms with van der Waals surface area (Å²) in [6.45, 7) is 12.2. The summed E-state index contributed by atoms with van der Waals surface area (Å²) in [7, 11) is 0. The Labute approximate surface area is 107 Å². The van der Waals surface area contributed by atoms with Crippen molar-refractivity contribution in [3.05, 3.63) is 0 Å². The first-order valence-corrected chi connectivity index (χ1v) is 7.55. The van der Waals surface area contributed by atoms with Crippen molar-refractivity contribution in [1.82, 2.24) is 15.1 Å². The van der Waals surface area contributed by atoms with Crippen LogP contribution in [0.15, 0.2) is 0 Å². The second-order valence-corrected chi connectivity index (χ2v) is 5.61. The average molecular weight is 239 g/mol. The molecule has 3 saturated heterocycles. The van der Waals surface area contributed by atoms with Crippen molar-refractivity contribution < 1.29 is 0 Å². The van der Waals surface area contributed by atoms with Gasteiger partial charge in [0.25, 0.3) is 0 Å². The molecule has 3 nitrogen and oxygen atoms in total. The van der Waals surface area contributed by atoms with Gasteiger partial charge in [-0.25, -0.2) is 0 Å². The lowest BCUT2D eigenvalue weighted by Crippen LogP contribution is -2.66. The quantitative estimate of drug-likeness (QED) is 0.727. The topological polar surface area (TPSA) is 18.5 Å². The summed E-state index contributed by atoms with van der Waals surface area (Å²) in [5.74, 6) is 0. The number of fused-ring (bicyclic) bond motifs is 3. The second kappa shape index (κ2) is 6.72. The number of piperazine rings is 3. The number of nitrogens with zero attached hydrogens (tertiary/aromatic N) is 2. The van der Waals surface area contributed by atoms with Crippen LogP contribution in [0.2, 0.25) is 0 Å². The largest absolute Gasteiger partial charge is 0.312 e. The van der Waals surface area contributed by atoms with Crippen molar-refractivity contribution in [2.45, 2.75) is 51.6 Å². The highest BCUT2D eigenvalue weighted by Gasteiger charge is 2.35. The molecule has 17 heavy (non-hydrogen) atoms. The molecule has 0 saturated carbocycles. The van der Waals surface area contributed by atoms with E-state index in [1.54, 1.807) is 0 Å². The summed E-state index contributed by atoms with van der Waals surface area (Å²) in [4.78, 5) is 5.38. The number of nitrogens with one attached hydrogen (secondary N) is 1. The molecule has 100 valence electrons. The first-order valence-electron chi connectivity index (χ1n) is 7.55. The van der Waals surface area contributed by atoms with Gasteiger partial charge in [-0.15, -0.1) is 0 Å². The highest BCUT2D eigenvalue weighted by atomic mass is 15.4. The van der Waals surface area contributed by atoms with Gasteiger partial charge in [-0.05, 0) is 19.4 Å². The van der Waals surface area contributed by atoms with Gasteiger partial charge in [0.1, 0.15) is 0 Å². The number of hydrogen-bond acceptors (Lipinski definition) is 3. The number of rotatable bonds is 7. The molecular weight excluding hydrogens is 210 g/mol. The fourth-order valence-electron chi connectivity index (χ4n) is 3.22. The standard InChI is InChI=1S/C14H29N3/c1-3-5-6-13(15-7-4-2)14-12-16-8-10-17(14)11-9-16/h13-15H,3-12H2,1-2H3. The van der Waals surface area contributed by atoms with Crippen molar-refractivity contribution in [2.24, 2.45) is 0 Å². The maximum Gasteiger partial charge on any atom is 0.0377 e. The van der Waals surface area contributed by atoms with Crippen molar-refractivity contribution in [1.29, 1.82) is 0 Å². The molecular formula is C14H29N3. The molecule has 1 N–H and O–H groups in total. The molecule has 3 fully saturated rings. The third kappa shape index (κ3) is 3.43. The van der Waals surface area contributed by atoms with Gasteiger partial charge in [-0.3, -0.25) is 9.80 Å². The zero-order valence-electron chi connectivity index (χ0n) is 11.6. The van der Waals surface area contributed by atoms with Crippen LogP contribution >= 0.6 is 0 Å². The molecule has 0 spiro atoms. The van der Waals surface area contributed by atoms with Crippen LogP contribution in [-0.4, -0.2) is 61.2 Å². The summed E-state index contributed by atoms with van der Waals surface area (Å²) in [6.07, 6.45) is 5.29. The molecule has 0 amide bonds. The van der Waals surface area contributed by atoms with E-state index in [4.69, 9.17) is 0 Å². The SMILES string of the molecule is CCCCC(NCCC)C1CN2CCN1CC2. The van der Waals surface area contributed by atoms with Crippen LogP contribution in [0.25, 0.3) is 0 Å². The summed E-state index contributed by atoms with van der Waals surface area (Å²) in [5.41, 5.74) is 0. The van der Waals surface area contributed by atoms with Gasteiger partial charge in [-0.1, -0.05) is 26.7 Å². The molecule has 2 bridgehead atoms. The van der Waals surface area contributed by atoms with Gasteiger partial charge in [0, 0.05) is 44.8 Å². The molecule has 3 heterocycles. The average Bonchev–Trinajstić information content (AvgIpc) is 2.40. The van der Waals surface area contributed by atoms with Crippen molar-refractivity contribution in [2.75, 3.05) is 39.3 Å². The van der Waals surface area contributed by atoms with E-state index in [2.05, 4.69) is 29.0 Å². The van der Waals surface area contributed by atoms with E-state index < -0.39 is 0 Å². The first kappa shape index (κ1) is 13.3. The smallest absolute Gasteiger partial charge is 0.0377 e. The molecule has 0 aromatic carbocycles. The van der Waals surface area contributed by atoms with E-state index in [0.717, 1.165) is 12.1 Å². The summed E-state index contributed by atoms with van der Waals surface area (Å²) in [5, 5.41) is 3.79. The van der Waals surface area contributed by atoms with Crippen LogP contribution < -0.4 is 5.32 Å². The van der Waals surface area contributed by atoms with Crippen LogP contribution in [0.5, 0.6) is 0 Å². The molecule has 3 aliphatic heterocycles. The van der Waals surface area contributed by atoms with Gasteiger partial charge in [-0.2, -0.15) is 0 Å². The second-order valence-electron chi connectivity index (χ2n) is 5.61. The minimum atomic E-state index is 0.720. The Morgan fingerprint density at radius 2 is 1.88 bits per heavy atom. The number of unbranched alkanes of at least 4 members (excludes halogenated alkanes) is 1. The van der Waals surface area contributed by atoms with Crippen LogP contribution in [0.4, 0.5) is 0 Å². The van der Waals surface area contributed by atoms with Gasteiger partial charge < -0.3 is 5.32 Å². The summed E-state index contributed by atoms with van der Waals surface area (Å²) >= 11 is 0. The molecule has 3 rings (SSSR count). The fraction of sp³-hybridized carbons (Fsp3) is 1.00. The van der Waals surface area contributed by atoms with Gasteiger partial charge in [0.05, 0.1) is 0 Å². The predicted molar refractivity (Wildman–Crippen MR) is 73.4 cm³/mol. The monoisotopic (exact) mass is 239 g/mol. The highest BCUT2D eigenvalue weighted by Crippen LogP contribution is 2.20. The van der Waals surface area contributed by atoms with Crippen molar-refractivity contribution >= 4 is 0 Å². The molecule has 2 atom stereocenters. The number of hydrogen-bond donors (Lipinski definition) is 1. The maximum absolute atomic E-state index is 3.79. The Bertz CT molecular complexity index is 204. The lowest BCUT2D eigenvalue weighted by molar-refractivity contribution is -0.00472. The van der Waals surface area contributed by atoms with E-state index >= 15 is 0 Å². The minimum Gasteiger partial charge on any atom is -0.312 e. The molecule has 3 aliphatic rings. The van der Waals surface area contributed by atoms with E-state index in [1.165, 1.54) is 65.0 Å². The van der Waals surface area contributed by atoms with Crippen molar-refractivity contribution in [3.8, 4) is 0 Å². The van der Waals surface area contributed by atoms with E-state index in [0.29, 0.717) is 0 Å². The molecule has 0 aliphatic carbocycles. The Morgan fingerprint density at radius 3 is 2.41 bits per heavy atom. The van der Waals surface area contributed by atoms with E-state index in [1.807, 2.05) is 0 Å². The summed E-state index contributed by atoms with van der Waals surface area (Å²) < 4.78 is 0. The maximum atomic E-state index is 3.79. The minimum absolute atomic E-state index is 0.720. The highest BCUT2D eigenvalue weighted by molar-refractivity contribution is 4.94.